The number of hydrogen-bond acceptors (Lipinski definition) is 4. The van der Waals surface area contributed by atoms with Crippen molar-refractivity contribution < 1.29 is 17.7 Å². The van der Waals surface area contributed by atoms with Crippen LogP contribution in [0.25, 0.3) is 0 Å². The molecular formula is C18H42O4Si2. The van der Waals surface area contributed by atoms with Gasteiger partial charge in [-0.1, -0.05) is 33.6 Å². The van der Waals surface area contributed by atoms with E-state index in [1.165, 1.54) is 12.8 Å². The van der Waals surface area contributed by atoms with E-state index in [9.17, 15) is 0 Å². The van der Waals surface area contributed by atoms with Crippen molar-refractivity contribution in [2.45, 2.75) is 91.4 Å². The maximum absolute atomic E-state index is 6.23. The third-order valence-electron chi connectivity index (χ3n) is 4.74. The van der Waals surface area contributed by atoms with Crippen molar-refractivity contribution in [2.75, 3.05) is 26.4 Å². The topological polar surface area (TPSA) is 36.9 Å². The van der Waals surface area contributed by atoms with Gasteiger partial charge in [0.1, 0.15) is 0 Å². The first-order valence-corrected chi connectivity index (χ1v) is 14.5. The fraction of sp³-hybridized carbons (Fsp3) is 1.00. The quantitative estimate of drug-likeness (QED) is 0.290. The molecule has 4 nitrogen and oxygen atoms in total. The van der Waals surface area contributed by atoms with Crippen LogP contribution in [0.5, 0.6) is 0 Å². The zero-order valence-electron chi connectivity index (χ0n) is 17.5. The van der Waals surface area contributed by atoms with Crippen molar-refractivity contribution in [3.63, 3.8) is 0 Å². The van der Waals surface area contributed by atoms with Crippen molar-refractivity contribution in [1.82, 2.24) is 0 Å². The Labute approximate surface area is 153 Å². The molecule has 0 aromatic heterocycles. The Morgan fingerprint density at radius 1 is 0.667 bits per heavy atom. The van der Waals surface area contributed by atoms with E-state index >= 15 is 0 Å². The molecule has 0 saturated heterocycles. The molecule has 0 N–H and O–H groups in total. The molecule has 0 aromatic rings. The maximum Gasteiger partial charge on any atom is 0.500 e. The Morgan fingerprint density at radius 2 is 1.12 bits per heavy atom. The molecule has 0 atom stereocenters. The molecule has 24 heavy (non-hydrogen) atoms. The Kier molecular flexibility index (Phi) is 11.9. The van der Waals surface area contributed by atoms with Crippen LogP contribution in [-0.4, -0.2) is 43.5 Å². The predicted molar refractivity (Wildman–Crippen MR) is 107 cm³/mol. The van der Waals surface area contributed by atoms with Crippen LogP contribution in [-0.2, 0) is 17.7 Å². The Bertz CT molecular complexity index is 300. The third kappa shape index (κ3) is 9.10. The zero-order valence-corrected chi connectivity index (χ0v) is 19.5. The van der Waals surface area contributed by atoms with Crippen LogP contribution in [0.2, 0.25) is 24.2 Å². The first-order chi connectivity index (χ1) is 11.1. The molecule has 0 aliphatic heterocycles. The van der Waals surface area contributed by atoms with Gasteiger partial charge in [-0.2, -0.15) is 0 Å². The average molecular weight is 379 g/mol. The van der Waals surface area contributed by atoms with Gasteiger partial charge in [0.25, 0.3) is 0 Å². The van der Waals surface area contributed by atoms with Gasteiger partial charge in [-0.3, -0.25) is 0 Å². The summed E-state index contributed by atoms with van der Waals surface area (Å²) < 4.78 is 23.9. The van der Waals surface area contributed by atoms with Gasteiger partial charge in [-0.15, -0.1) is 0 Å². The van der Waals surface area contributed by atoms with Crippen molar-refractivity contribution in [3.8, 4) is 0 Å². The summed E-state index contributed by atoms with van der Waals surface area (Å²) in [4.78, 5) is 0. The molecule has 0 aromatic carbocycles. The van der Waals surface area contributed by atoms with Crippen molar-refractivity contribution >= 4 is 17.1 Å². The van der Waals surface area contributed by atoms with Crippen LogP contribution >= 0.6 is 0 Å². The highest BCUT2D eigenvalue weighted by Gasteiger charge is 2.39. The second-order valence-corrected chi connectivity index (χ2v) is 15.3. The summed E-state index contributed by atoms with van der Waals surface area (Å²) in [5.41, 5.74) is 0. The molecule has 0 bridgehead atoms. The minimum atomic E-state index is -2.44. The van der Waals surface area contributed by atoms with Gasteiger partial charge in [-0.05, 0) is 51.7 Å². The van der Waals surface area contributed by atoms with E-state index in [0.717, 1.165) is 25.5 Å². The molecule has 0 rings (SSSR count). The third-order valence-corrected chi connectivity index (χ3v) is 12.4. The Balaban J connectivity index is 4.05. The Hall–Kier alpha value is 0.274. The van der Waals surface area contributed by atoms with Crippen LogP contribution in [0.1, 0.15) is 67.2 Å². The van der Waals surface area contributed by atoms with E-state index in [1.807, 2.05) is 20.8 Å². The first-order valence-electron chi connectivity index (χ1n) is 9.70. The second kappa shape index (κ2) is 11.8. The molecule has 0 radical (unpaired) electrons. The SMILES string of the molecule is CCO[Si](CCCCCCO[Si](C)(C)C(C)(C)C)(OCC)OCC. The van der Waals surface area contributed by atoms with Gasteiger partial charge >= 0.3 is 8.80 Å². The average Bonchev–Trinajstić information content (AvgIpc) is 2.46. The lowest BCUT2D eigenvalue weighted by molar-refractivity contribution is 0.0706. The minimum Gasteiger partial charge on any atom is -0.417 e. The molecule has 0 spiro atoms. The van der Waals surface area contributed by atoms with Gasteiger partial charge in [-0.25, -0.2) is 0 Å². The minimum absolute atomic E-state index is 0.296. The molecule has 0 heterocycles. The van der Waals surface area contributed by atoms with Crippen LogP contribution in [0.4, 0.5) is 0 Å². The number of hydrogen-bond donors (Lipinski definition) is 0. The molecule has 0 amide bonds. The van der Waals surface area contributed by atoms with E-state index < -0.39 is 17.1 Å². The molecule has 6 heteroatoms. The highest BCUT2D eigenvalue weighted by Crippen LogP contribution is 2.36. The van der Waals surface area contributed by atoms with Gasteiger partial charge in [0.05, 0.1) is 0 Å². The monoisotopic (exact) mass is 378 g/mol. The standard InChI is InChI=1S/C18H42O4Si2/c1-9-19-24(20-10-2,21-11-3)17-15-13-12-14-16-22-23(7,8)18(4,5)6/h9-17H2,1-8H3. The largest absolute Gasteiger partial charge is 0.500 e. The summed E-state index contributed by atoms with van der Waals surface area (Å²) in [6, 6.07) is 0.922. The molecule has 146 valence electrons. The summed E-state index contributed by atoms with van der Waals surface area (Å²) in [5.74, 6) is 0. The van der Waals surface area contributed by atoms with Gasteiger partial charge in [0.2, 0.25) is 0 Å². The maximum atomic E-state index is 6.23. The van der Waals surface area contributed by atoms with Gasteiger partial charge in [0.15, 0.2) is 8.32 Å². The van der Waals surface area contributed by atoms with E-state index in [4.69, 9.17) is 17.7 Å². The van der Waals surface area contributed by atoms with Gasteiger partial charge < -0.3 is 17.7 Å². The number of rotatable bonds is 14. The summed E-state index contributed by atoms with van der Waals surface area (Å²) >= 11 is 0. The highest BCUT2D eigenvalue weighted by molar-refractivity contribution is 6.74. The first kappa shape index (κ1) is 24.3. The van der Waals surface area contributed by atoms with E-state index in [0.29, 0.717) is 24.9 Å². The smallest absolute Gasteiger partial charge is 0.417 e. The van der Waals surface area contributed by atoms with E-state index in [-0.39, 0.29) is 0 Å². The number of unbranched alkanes of at least 4 members (excludes halogenated alkanes) is 3. The molecule has 0 saturated carbocycles. The molecule has 0 fully saturated rings. The van der Waals surface area contributed by atoms with Crippen LogP contribution in [0.15, 0.2) is 0 Å². The predicted octanol–water partition coefficient (Wildman–Crippen LogP) is 5.62. The van der Waals surface area contributed by atoms with Crippen LogP contribution in [0, 0.1) is 0 Å². The fourth-order valence-electron chi connectivity index (χ4n) is 2.34. The molecule has 0 unspecified atom stereocenters. The summed E-state index contributed by atoms with van der Waals surface area (Å²) in [5, 5.41) is 0.296. The van der Waals surface area contributed by atoms with Gasteiger partial charge in [0, 0.05) is 32.5 Å². The normalized spacial score (nSPS) is 13.5. The fourth-order valence-corrected chi connectivity index (χ4v) is 6.12. The summed E-state index contributed by atoms with van der Waals surface area (Å²) in [6.07, 6.45) is 4.62. The second-order valence-electron chi connectivity index (χ2n) is 7.76. The van der Waals surface area contributed by atoms with E-state index in [2.05, 4.69) is 33.9 Å². The lowest BCUT2D eigenvalue weighted by atomic mass is 10.2. The highest BCUT2D eigenvalue weighted by atomic mass is 28.4. The van der Waals surface area contributed by atoms with Crippen molar-refractivity contribution in [2.24, 2.45) is 0 Å². The van der Waals surface area contributed by atoms with Crippen molar-refractivity contribution in [1.29, 1.82) is 0 Å². The Morgan fingerprint density at radius 3 is 1.54 bits per heavy atom. The van der Waals surface area contributed by atoms with Crippen molar-refractivity contribution in [3.05, 3.63) is 0 Å². The van der Waals surface area contributed by atoms with Crippen LogP contribution in [0.3, 0.4) is 0 Å². The zero-order chi connectivity index (χ0) is 18.7. The summed E-state index contributed by atoms with van der Waals surface area (Å²) in [7, 11) is -4.03. The lowest BCUT2D eigenvalue weighted by Gasteiger charge is -2.36. The lowest BCUT2D eigenvalue weighted by Crippen LogP contribution is -2.45. The molecule has 0 aliphatic carbocycles. The molecule has 0 aliphatic rings. The molecular weight excluding hydrogens is 336 g/mol. The summed E-state index contributed by atoms with van der Waals surface area (Å²) in [6.45, 7) is 20.4. The van der Waals surface area contributed by atoms with Crippen LogP contribution < -0.4 is 0 Å². The van der Waals surface area contributed by atoms with E-state index in [1.54, 1.807) is 0 Å².